The van der Waals surface area contributed by atoms with Crippen molar-refractivity contribution in [1.29, 1.82) is 0 Å². The van der Waals surface area contributed by atoms with E-state index < -0.39 is 0 Å². The predicted molar refractivity (Wildman–Crippen MR) is 84.5 cm³/mol. The molecule has 0 amide bonds. The molecule has 4 heteroatoms. The average Bonchev–Trinajstić information content (AvgIpc) is 3.00. The number of nitrogens with one attached hydrogen (secondary N) is 1. The van der Waals surface area contributed by atoms with E-state index in [0.29, 0.717) is 13.2 Å². The number of ether oxygens (including phenoxy) is 1. The van der Waals surface area contributed by atoms with Gasteiger partial charge >= 0.3 is 0 Å². The van der Waals surface area contributed by atoms with Crippen molar-refractivity contribution < 1.29 is 14.7 Å². The molecule has 0 aliphatic carbocycles. The van der Waals surface area contributed by atoms with Crippen LogP contribution in [0.3, 0.4) is 0 Å². The highest BCUT2D eigenvalue weighted by Crippen LogP contribution is 2.11. The van der Waals surface area contributed by atoms with Crippen molar-refractivity contribution in [2.24, 2.45) is 0 Å². The van der Waals surface area contributed by atoms with Crippen LogP contribution in [0, 0.1) is 0 Å². The van der Waals surface area contributed by atoms with Gasteiger partial charge in [0.2, 0.25) is 0 Å². The molecule has 0 radical (unpaired) electrons. The smallest absolute Gasteiger partial charge is 0.126 e. The Morgan fingerprint density at radius 2 is 2.05 bits per heavy atom. The molecule has 1 aromatic carbocycles. The molecule has 3 rings (SSSR count). The van der Waals surface area contributed by atoms with Crippen LogP contribution < -0.4 is 4.90 Å². The summed E-state index contributed by atoms with van der Waals surface area (Å²) >= 11 is 1.69. The Morgan fingerprint density at radius 1 is 1.19 bits per heavy atom. The lowest BCUT2D eigenvalue weighted by atomic mass is 10.00. The monoisotopic (exact) mass is 304 g/mol. The maximum atomic E-state index is 10.1. The quantitative estimate of drug-likeness (QED) is 0.843. The largest absolute Gasteiger partial charge is 0.385 e. The average molecular weight is 304 g/mol. The van der Waals surface area contributed by atoms with Crippen molar-refractivity contribution in [2.45, 2.75) is 25.7 Å². The lowest BCUT2D eigenvalue weighted by Crippen LogP contribution is -3.12. The number of quaternary nitrogens is 1. The molecular weight excluding hydrogens is 282 g/mol. The molecule has 0 spiro atoms. The fourth-order valence-corrected chi connectivity index (χ4v) is 3.54. The Bertz CT molecular complexity index is 556. The van der Waals surface area contributed by atoms with Crippen molar-refractivity contribution >= 4 is 11.3 Å². The number of rotatable bonds is 6. The molecule has 3 nitrogen and oxygen atoms in total. The Balaban J connectivity index is 1.42. The fraction of sp³-hybridized carbons (Fsp3) is 0.412. The molecule has 2 N–H and O–H groups in total. The molecule has 1 aliphatic heterocycles. The van der Waals surface area contributed by atoms with Gasteiger partial charge in [0, 0.05) is 16.9 Å². The zero-order valence-corrected chi connectivity index (χ0v) is 12.9. The van der Waals surface area contributed by atoms with Crippen molar-refractivity contribution in [1.82, 2.24) is 0 Å². The van der Waals surface area contributed by atoms with Gasteiger partial charge < -0.3 is 14.7 Å². The third-order valence-corrected chi connectivity index (χ3v) is 4.82. The number of fused-ring (bicyclic) bond motifs is 1. The third kappa shape index (κ3) is 4.14. The summed E-state index contributed by atoms with van der Waals surface area (Å²) in [7, 11) is 0. The van der Waals surface area contributed by atoms with Crippen molar-refractivity contribution in [3.63, 3.8) is 0 Å². The normalized spacial score (nSPS) is 19.2. The number of hydrogen-bond acceptors (Lipinski definition) is 3. The minimum atomic E-state index is -0.384. The number of thiophene rings is 1. The van der Waals surface area contributed by atoms with Crippen LogP contribution in [0.2, 0.25) is 0 Å². The van der Waals surface area contributed by atoms with Gasteiger partial charge in [-0.3, -0.25) is 0 Å². The molecule has 21 heavy (non-hydrogen) atoms. The zero-order valence-electron chi connectivity index (χ0n) is 12.1. The fourth-order valence-electron chi connectivity index (χ4n) is 2.90. The van der Waals surface area contributed by atoms with E-state index in [0.717, 1.165) is 26.1 Å². The second kappa shape index (κ2) is 7.18. The lowest BCUT2D eigenvalue weighted by Gasteiger charge is -2.27. The van der Waals surface area contributed by atoms with Crippen LogP contribution in [-0.4, -0.2) is 30.9 Å². The van der Waals surface area contributed by atoms with Gasteiger partial charge in [0.25, 0.3) is 0 Å². The molecule has 1 aromatic heterocycles. The topological polar surface area (TPSA) is 33.9 Å². The molecule has 2 atom stereocenters. The van der Waals surface area contributed by atoms with Gasteiger partial charge in [-0.25, -0.2) is 0 Å². The molecule has 0 bridgehead atoms. The van der Waals surface area contributed by atoms with E-state index in [1.807, 2.05) is 11.4 Å². The van der Waals surface area contributed by atoms with Crippen molar-refractivity contribution in [2.75, 3.05) is 19.7 Å². The van der Waals surface area contributed by atoms with E-state index in [-0.39, 0.29) is 6.10 Å². The first-order chi connectivity index (χ1) is 10.3. The van der Waals surface area contributed by atoms with Crippen LogP contribution in [0.15, 0.2) is 41.8 Å². The number of benzene rings is 1. The molecule has 1 aliphatic rings. The van der Waals surface area contributed by atoms with Gasteiger partial charge in [-0.1, -0.05) is 30.3 Å². The zero-order chi connectivity index (χ0) is 14.5. The van der Waals surface area contributed by atoms with Crippen molar-refractivity contribution in [3.05, 3.63) is 57.8 Å². The summed E-state index contributed by atoms with van der Waals surface area (Å²) in [5, 5.41) is 12.2. The highest BCUT2D eigenvalue weighted by Gasteiger charge is 2.21. The highest BCUT2D eigenvalue weighted by atomic mass is 32.1. The van der Waals surface area contributed by atoms with Crippen LogP contribution in [0.4, 0.5) is 0 Å². The van der Waals surface area contributed by atoms with E-state index in [9.17, 15) is 5.11 Å². The summed E-state index contributed by atoms with van der Waals surface area (Å²) in [6, 6.07) is 12.7. The van der Waals surface area contributed by atoms with Gasteiger partial charge in [-0.2, -0.15) is 0 Å². The van der Waals surface area contributed by atoms with Gasteiger partial charge in [0.15, 0.2) is 0 Å². The van der Waals surface area contributed by atoms with E-state index in [4.69, 9.17) is 4.74 Å². The van der Waals surface area contributed by atoms with Gasteiger partial charge in [-0.15, -0.1) is 11.3 Å². The summed E-state index contributed by atoms with van der Waals surface area (Å²) in [5.74, 6) is 0. The second-order valence-electron chi connectivity index (χ2n) is 5.65. The summed E-state index contributed by atoms with van der Waals surface area (Å²) < 4.78 is 5.60. The molecule has 2 aromatic rings. The standard InChI is InChI=1S/C17H21NO2S/c19-16(12-20-13-17-6-3-9-21-17)11-18-8-7-14-4-1-2-5-15(14)10-18/h1-6,9,16,19H,7-8,10-13H2/p+1/t16-/m0/s1. The molecule has 0 saturated carbocycles. The summed E-state index contributed by atoms with van der Waals surface area (Å²) in [5.41, 5.74) is 2.88. The highest BCUT2D eigenvalue weighted by molar-refractivity contribution is 7.09. The van der Waals surface area contributed by atoms with Gasteiger partial charge in [-0.05, 0) is 17.0 Å². The maximum Gasteiger partial charge on any atom is 0.126 e. The minimum Gasteiger partial charge on any atom is -0.385 e. The molecule has 2 heterocycles. The van der Waals surface area contributed by atoms with Crippen LogP contribution in [0.5, 0.6) is 0 Å². The maximum absolute atomic E-state index is 10.1. The molecule has 1 unspecified atom stereocenters. The first kappa shape index (κ1) is 14.7. The lowest BCUT2D eigenvalue weighted by molar-refractivity contribution is -0.919. The third-order valence-electron chi connectivity index (χ3n) is 3.97. The summed E-state index contributed by atoms with van der Waals surface area (Å²) in [6.45, 7) is 3.89. The van der Waals surface area contributed by atoms with E-state index in [1.54, 1.807) is 11.3 Å². The first-order valence-corrected chi connectivity index (χ1v) is 8.38. The van der Waals surface area contributed by atoms with E-state index in [1.165, 1.54) is 20.9 Å². The van der Waals surface area contributed by atoms with Gasteiger partial charge in [0.1, 0.15) is 19.2 Å². The number of aliphatic hydroxyl groups is 1. The van der Waals surface area contributed by atoms with Gasteiger partial charge in [0.05, 0.1) is 19.8 Å². The van der Waals surface area contributed by atoms with Crippen LogP contribution in [0.1, 0.15) is 16.0 Å². The second-order valence-corrected chi connectivity index (χ2v) is 6.68. The molecule has 0 fully saturated rings. The Hall–Kier alpha value is -1.20. The Morgan fingerprint density at radius 3 is 2.86 bits per heavy atom. The summed E-state index contributed by atoms with van der Waals surface area (Å²) in [4.78, 5) is 2.65. The predicted octanol–water partition coefficient (Wildman–Crippen LogP) is 1.27. The van der Waals surface area contributed by atoms with Crippen LogP contribution >= 0.6 is 11.3 Å². The van der Waals surface area contributed by atoms with Crippen LogP contribution in [-0.2, 0) is 24.3 Å². The minimum absolute atomic E-state index is 0.384. The first-order valence-electron chi connectivity index (χ1n) is 7.50. The van der Waals surface area contributed by atoms with E-state index in [2.05, 4.69) is 30.3 Å². The summed E-state index contributed by atoms with van der Waals surface area (Å²) in [6.07, 6.45) is 0.721. The molecule has 112 valence electrons. The molecular formula is C17H22NO2S+. The number of aliphatic hydroxyl groups excluding tert-OH is 1. The van der Waals surface area contributed by atoms with Crippen LogP contribution in [0.25, 0.3) is 0 Å². The van der Waals surface area contributed by atoms with Crippen molar-refractivity contribution in [3.8, 4) is 0 Å². The molecule has 0 saturated heterocycles. The number of hydrogen-bond donors (Lipinski definition) is 2. The SMILES string of the molecule is O[C@H](COCc1cccs1)C[NH+]1CCc2ccccc2C1. The van der Waals surface area contributed by atoms with E-state index >= 15 is 0 Å². The Kier molecular flexibility index (Phi) is 5.04. The Labute approximate surface area is 129 Å².